The van der Waals surface area contributed by atoms with Crippen molar-refractivity contribution in [3.63, 3.8) is 0 Å². The van der Waals surface area contributed by atoms with E-state index >= 15 is 0 Å². The van der Waals surface area contributed by atoms with Crippen LogP contribution in [-0.2, 0) is 11.3 Å². The number of hydrogen-bond acceptors (Lipinski definition) is 3. The van der Waals surface area contributed by atoms with Crippen molar-refractivity contribution in [3.05, 3.63) is 52.3 Å². The zero-order valence-corrected chi connectivity index (χ0v) is 14.6. The Kier molecular flexibility index (Phi) is 5.56. The van der Waals surface area contributed by atoms with E-state index in [-0.39, 0.29) is 23.6 Å². The molecule has 2 rings (SSSR count). The van der Waals surface area contributed by atoms with Crippen LogP contribution in [0.2, 0.25) is 0 Å². The number of carbonyl (C=O) groups excluding carboxylic acids is 2. The van der Waals surface area contributed by atoms with Crippen LogP contribution in [0.25, 0.3) is 0 Å². The van der Waals surface area contributed by atoms with Crippen molar-refractivity contribution in [1.29, 1.82) is 0 Å². The normalized spacial score (nSPS) is 10.6. The van der Waals surface area contributed by atoms with Crippen LogP contribution in [0.4, 0.5) is 14.5 Å². The Labute approximate surface area is 144 Å². The third kappa shape index (κ3) is 3.55. The summed E-state index contributed by atoms with van der Waals surface area (Å²) < 4.78 is 33.8. The largest absolute Gasteiger partial charge is 0.461 e. The van der Waals surface area contributed by atoms with E-state index in [4.69, 9.17) is 4.74 Å². The Hall–Kier alpha value is -2.70. The number of esters is 1. The maximum atomic E-state index is 13.8. The van der Waals surface area contributed by atoms with E-state index in [1.165, 1.54) is 0 Å². The smallest absolute Gasteiger partial charge is 0.355 e. The van der Waals surface area contributed by atoms with E-state index in [0.717, 1.165) is 18.2 Å². The second-order valence-electron chi connectivity index (χ2n) is 5.48. The molecule has 0 radical (unpaired) electrons. The summed E-state index contributed by atoms with van der Waals surface area (Å²) in [6, 6.07) is 2.81. The molecule has 0 unspecified atom stereocenters. The van der Waals surface area contributed by atoms with Crippen LogP contribution < -0.4 is 5.32 Å². The minimum Gasteiger partial charge on any atom is -0.461 e. The molecule has 7 heteroatoms. The average Bonchev–Trinajstić information content (AvgIpc) is 2.81. The predicted molar refractivity (Wildman–Crippen MR) is 89.8 cm³/mol. The molecule has 0 bridgehead atoms. The predicted octanol–water partition coefficient (Wildman–Crippen LogP) is 3.83. The maximum Gasteiger partial charge on any atom is 0.355 e. The molecule has 0 saturated heterocycles. The second-order valence-corrected chi connectivity index (χ2v) is 5.48. The summed E-state index contributed by atoms with van der Waals surface area (Å²) >= 11 is 0. The first-order valence-electron chi connectivity index (χ1n) is 7.94. The lowest BCUT2D eigenvalue weighted by Crippen LogP contribution is -2.15. The summed E-state index contributed by atoms with van der Waals surface area (Å²) in [5.74, 6) is -2.55. The van der Waals surface area contributed by atoms with Gasteiger partial charge < -0.3 is 14.6 Å². The van der Waals surface area contributed by atoms with Gasteiger partial charge in [0.15, 0.2) is 0 Å². The molecule has 0 spiro atoms. The summed E-state index contributed by atoms with van der Waals surface area (Å²) in [6.07, 6.45) is 0. The van der Waals surface area contributed by atoms with Gasteiger partial charge in [-0.1, -0.05) is 0 Å². The molecule has 0 fully saturated rings. The Morgan fingerprint density at radius 3 is 2.48 bits per heavy atom. The van der Waals surface area contributed by atoms with E-state index in [1.54, 1.807) is 25.3 Å². The first kappa shape index (κ1) is 18.6. The monoisotopic (exact) mass is 350 g/mol. The van der Waals surface area contributed by atoms with Gasteiger partial charge in [0.05, 0.1) is 17.9 Å². The van der Waals surface area contributed by atoms with Crippen LogP contribution >= 0.6 is 0 Å². The number of anilines is 1. The molecule has 134 valence electrons. The number of aromatic nitrogens is 1. The highest BCUT2D eigenvalue weighted by Gasteiger charge is 2.27. The highest BCUT2D eigenvalue weighted by atomic mass is 19.1. The number of rotatable bonds is 5. The lowest BCUT2D eigenvalue weighted by atomic mass is 10.1. The molecule has 0 aliphatic heterocycles. The lowest BCUT2D eigenvalue weighted by molar-refractivity contribution is 0.0512. The van der Waals surface area contributed by atoms with Gasteiger partial charge in [-0.15, -0.1) is 0 Å². The summed E-state index contributed by atoms with van der Waals surface area (Å²) in [5.41, 5.74) is 1.26. The van der Waals surface area contributed by atoms with Gasteiger partial charge in [0.1, 0.15) is 17.3 Å². The third-order valence-electron chi connectivity index (χ3n) is 3.96. The highest BCUT2D eigenvalue weighted by Crippen LogP contribution is 2.25. The Balaban J connectivity index is 2.46. The minimum absolute atomic E-state index is 0.211. The van der Waals surface area contributed by atoms with Crippen molar-refractivity contribution < 1.29 is 23.1 Å². The van der Waals surface area contributed by atoms with Crippen LogP contribution in [0, 0.1) is 25.5 Å². The third-order valence-corrected chi connectivity index (χ3v) is 3.96. The summed E-state index contributed by atoms with van der Waals surface area (Å²) in [7, 11) is 0. The maximum absolute atomic E-state index is 13.8. The molecule has 1 aromatic carbocycles. The average molecular weight is 350 g/mol. The van der Waals surface area contributed by atoms with E-state index in [9.17, 15) is 18.4 Å². The van der Waals surface area contributed by atoms with Crippen LogP contribution in [-0.4, -0.2) is 23.1 Å². The van der Waals surface area contributed by atoms with Gasteiger partial charge in [-0.2, -0.15) is 0 Å². The van der Waals surface area contributed by atoms with E-state index in [1.807, 2.05) is 6.92 Å². The van der Waals surface area contributed by atoms with Crippen LogP contribution in [0.5, 0.6) is 0 Å². The number of benzene rings is 1. The fourth-order valence-corrected chi connectivity index (χ4v) is 2.87. The van der Waals surface area contributed by atoms with E-state index < -0.39 is 23.5 Å². The number of carbonyl (C=O) groups is 2. The molecule has 1 amide bonds. The number of ether oxygens (including phenoxy) is 1. The van der Waals surface area contributed by atoms with E-state index in [0.29, 0.717) is 17.8 Å². The Morgan fingerprint density at radius 2 is 1.88 bits per heavy atom. The lowest BCUT2D eigenvalue weighted by Gasteiger charge is -2.08. The fraction of sp³-hybridized carbons (Fsp3) is 0.333. The number of hydrogen-bond donors (Lipinski definition) is 1. The Bertz CT molecular complexity index is 828. The topological polar surface area (TPSA) is 60.3 Å². The van der Waals surface area contributed by atoms with Gasteiger partial charge in [-0.3, -0.25) is 4.79 Å². The quantitative estimate of drug-likeness (QED) is 0.834. The molecule has 0 aliphatic carbocycles. The van der Waals surface area contributed by atoms with E-state index in [2.05, 4.69) is 5.32 Å². The number of nitrogens with zero attached hydrogens (tertiary/aromatic N) is 1. The van der Waals surface area contributed by atoms with Gasteiger partial charge in [0.2, 0.25) is 0 Å². The number of amides is 1. The van der Waals surface area contributed by atoms with Gasteiger partial charge in [-0.05, 0) is 45.4 Å². The van der Waals surface area contributed by atoms with Crippen molar-refractivity contribution in [2.45, 2.75) is 34.2 Å². The molecule has 1 aromatic heterocycles. The van der Waals surface area contributed by atoms with Crippen molar-refractivity contribution in [3.8, 4) is 0 Å². The zero-order chi connectivity index (χ0) is 18.7. The molecular formula is C18H20F2N2O3. The SMILES string of the molecule is CCOC(=O)c1c(C)c(C(=O)Nc2cc(F)ccc2F)c(C)n1CC. The molecule has 0 atom stereocenters. The minimum atomic E-state index is -0.745. The van der Waals surface area contributed by atoms with Gasteiger partial charge in [0, 0.05) is 18.3 Å². The standard InChI is InChI=1S/C18H20F2N2O3/c1-5-22-11(4)15(10(3)16(22)18(24)25-6-2)17(23)21-14-9-12(19)7-8-13(14)20/h7-9H,5-6H2,1-4H3,(H,21,23). The van der Waals surface area contributed by atoms with Crippen molar-refractivity contribution in [2.75, 3.05) is 11.9 Å². The summed E-state index contributed by atoms with van der Waals surface area (Å²) in [6.45, 7) is 7.52. The summed E-state index contributed by atoms with van der Waals surface area (Å²) in [5, 5.41) is 2.37. The van der Waals surface area contributed by atoms with Gasteiger partial charge >= 0.3 is 5.97 Å². The molecule has 25 heavy (non-hydrogen) atoms. The van der Waals surface area contributed by atoms with Crippen molar-refractivity contribution in [2.24, 2.45) is 0 Å². The Morgan fingerprint density at radius 1 is 1.20 bits per heavy atom. The van der Waals surface area contributed by atoms with Crippen molar-refractivity contribution >= 4 is 17.6 Å². The number of halogens is 2. The first-order chi connectivity index (χ1) is 11.8. The fourth-order valence-electron chi connectivity index (χ4n) is 2.87. The molecule has 5 nitrogen and oxygen atoms in total. The van der Waals surface area contributed by atoms with Crippen LogP contribution in [0.1, 0.15) is 46.0 Å². The number of nitrogens with one attached hydrogen (secondary N) is 1. The van der Waals surface area contributed by atoms with Crippen LogP contribution in [0.15, 0.2) is 18.2 Å². The molecule has 0 saturated carbocycles. The second kappa shape index (κ2) is 7.46. The molecule has 1 N–H and O–H groups in total. The first-order valence-corrected chi connectivity index (χ1v) is 7.94. The van der Waals surface area contributed by atoms with Crippen LogP contribution in [0.3, 0.4) is 0 Å². The summed E-state index contributed by atoms with van der Waals surface area (Å²) in [4.78, 5) is 24.8. The zero-order valence-electron chi connectivity index (χ0n) is 14.6. The molecule has 2 aromatic rings. The molecule has 0 aliphatic rings. The highest BCUT2D eigenvalue weighted by molar-refractivity contribution is 6.08. The molecular weight excluding hydrogens is 330 g/mol. The van der Waals surface area contributed by atoms with Crippen molar-refractivity contribution in [1.82, 2.24) is 4.57 Å². The molecule has 1 heterocycles. The van der Waals surface area contributed by atoms with Gasteiger partial charge in [-0.25, -0.2) is 13.6 Å². The van der Waals surface area contributed by atoms with Gasteiger partial charge in [0.25, 0.3) is 5.91 Å².